The molecule has 6 heteroatoms. The highest BCUT2D eigenvalue weighted by Gasteiger charge is 2.18. The van der Waals surface area contributed by atoms with Crippen molar-refractivity contribution in [3.63, 3.8) is 0 Å². The lowest BCUT2D eigenvalue weighted by Gasteiger charge is -1.92. The third-order valence-electron chi connectivity index (χ3n) is 2.80. The lowest BCUT2D eigenvalue weighted by atomic mass is 10.1. The maximum atomic E-state index is 10.7. The molecule has 21 heavy (non-hydrogen) atoms. The Morgan fingerprint density at radius 2 is 1.38 bits per heavy atom. The molecule has 5 nitrogen and oxygen atoms in total. The second kappa shape index (κ2) is 6.67. The second-order valence-electron chi connectivity index (χ2n) is 4.15. The molecule has 0 atom stereocenters. The summed E-state index contributed by atoms with van der Waals surface area (Å²) in [5, 5.41) is 17.5. The fourth-order valence-corrected chi connectivity index (χ4v) is 1.89. The van der Waals surface area contributed by atoms with Crippen LogP contribution in [0.4, 0.5) is 0 Å². The molecule has 0 bridgehead atoms. The van der Waals surface area contributed by atoms with Gasteiger partial charge in [0.1, 0.15) is 23.5 Å². The van der Waals surface area contributed by atoms with E-state index in [9.17, 15) is 4.79 Å². The highest BCUT2D eigenvalue weighted by Crippen LogP contribution is 2.13. The molecule has 3 N–H and O–H groups in total. The van der Waals surface area contributed by atoms with Gasteiger partial charge in [-0.25, -0.2) is 4.79 Å². The minimum Gasteiger partial charge on any atom is -0.343 e. The van der Waals surface area contributed by atoms with Crippen molar-refractivity contribution in [1.29, 1.82) is 10.8 Å². The Labute approximate surface area is 126 Å². The van der Waals surface area contributed by atoms with Gasteiger partial charge in [0.2, 0.25) is 0 Å². The fourth-order valence-electron chi connectivity index (χ4n) is 1.80. The summed E-state index contributed by atoms with van der Waals surface area (Å²) in [6.07, 6.45) is 0. The van der Waals surface area contributed by atoms with Crippen LogP contribution in [0.25, 0.3) is 0 Å². The molecule has 1 aliphatic heterocycles. The first-order chi connectivity index (χ1) is 10.1. The van der Waals surface area contributed by atoms with Gasteiger partial charge in [-0.15, -0.1) is 0 Å². The zero-order valence-corrected chi connectivity index (χ0v) is 11.6. The second-order valence-corrected chi connectivity index (χ2v) is 4.31. The van der Waals surface area contributed by atoms with Crippen LogP contribution in [0, 0.1) is 10.8 Å². The van der Waals surface area contributed by atoms with Crippen molar-refractivity contribution < 1.29 is 9.08 Å². The number of nitrogens with one attached hydrogen (secondary N) is 3. The predicted molar refractivity (Wildman–Crippen MR) is 80.9 cm³/mol. The Morgan fingerprint density at radius 1 is 0.905 bits per heavy atom. The zero-order valence-electron chi connectivity index (χ0n) is 10.9. The highest BCUT2D eigenvalue weighted by atomic mass is 35.5. The maximum absolute atomic E-state index is 10.7. The standard InChI is InChI=1S/C8H7N3.C7H5ClO2/c9-7-5-3-1-2-4-6(5)8(10)11-7;8-10-7(9)6-4-2-1-3-5-6/h1-4H,(H3,9,10,11);1-5H. The minimum atomic E-state index is -0.526. The Morgan fingerprint density at radius 3 is 1.86 bits per heavy atom. The molecule has 3 rings (SSSR count). The first-order valence-electron chi connectivity index (χ1n) is 6.05. The Hall–Kier alpha value is -2.66. The van der Waals surface area contributed by atoms with Gasteiger partial charge in [0.05, 0.1) is 5.56 Å². The largest absolute Gasteiger partial charge is 0.356 e. The number of amidine groups is 2. The van der Waals surface area contributed by atoms with Gasteiger partial charge in [-0.1, -0.05) is 42.5 Å². The Kier molecular flexibility index (Phi) is 4.68. The van der Waals surface area contributed by atoms with Crippen molar-refractivity contribution >= 4 is 29.5 Å². The molecular weight excluding hydrogens is 290 g/mol. The van der Waals surface area contributed by atoms with Gasteiger partial charge < -0.3 is 9.61 Å². The SMILES string of the molecule is N=C1NC(=N)c2ccccc21.O=C(OCl)c1ccccc1. The van der Waals surface area contributed by atoms with E-state index in [-0.39, 0.29) is 0 Å². The molecule has 0 unspecified atom stereocenters. The van der Waals surface area contributed by atoms with E-state index in [4.69, 9.17) is 22.7 Å². The number of carbonyl (C=O) groups is 1. The van der Waals surface area contributed by atoms with Gasteiger partial charge in [-0.2, -0.15) is 0 Å². The number of hydrogen-bond donors (Lipinski definition) is 3. The van der Waals surface area contributed by atoms with E-state index >= 15 is 0 Å². The number of benzene rings is 2. The van der Waals surface area contributed by atoms with Crippen molar-refractivity contribution in [2.45, 2.75) is 0 Å². The molecule has 0 aromatic heterocycles. The molecule has 1 heterocycles. The van der Waals surface area contributed by atoms with Crippen LogP contribution < -0.4 is 5.32 Å². The van der Waals surface area contributed by atoms with Crippen LogP contribution in [0.3, 0.4) is 0 Å². The number of carbonyl (C=O) groups excluding carboxylic acids is 1. The van der Waals surface area contributed by atoms with Gasteiger partial charge in [0, 0.05) is 11.1 Å². The summed E-state index contributed by atoms with van der Waals surface area (Å²) in [6.45, 7) is 0. The number of fused-ring (bicyclic) bond motifs is 1. The van der Waals surface area contributed by atoms with E-state index in [0.29, 0.717) is 17.2 Å². The summed E-state index contributed by atoms with van der Waals surface area (Å²) in [6, 6.07) is 16.0. The molecule has 0 saturated heterocycles. The fraction of sp³-hybridized carbons (Fsp3) is 0. The van der Waals surface area contributed by atoms with Crippen molar-refractivity contribution in [2.24, 2.45) is 0 Å². The van der Waals surface area contributed by atoms with Gasteiger partial charge >= 0.3 is 5.97 Å². The van der Waals surface area contributed by atoms with Gasteiger partial charge in [0.25, 0.3) is 0 Å². The molecule has 2 aromatic carbocycles. The predicted octanol–water partition coefficient (Wildman–Crippen LogP) is 2.94. The van der Waals surface area contributed by atoms with Crippen LogP contribution in [0.15, 0.2) is 54.6 Å². The third-order valence-corrected chi connectivity index (χ3v) is 2.94. The van der Waals surface area contributed by atoms with Crippen LogP contribution in [-0.2, 0) is 4.29 Å². The Balaban J connectivity index is 0.000000155. The van der Waals surface area contributed by atoms with E-state index in [1.807, 2.05) is 30.3 Å². The smallest absolute Gasteiger partial charge is 0.343 e. The molecule has 0 amide bonds. The van der Waals surface area contributed by atoms with Gasteiger partial charge in [-0.05, 0) is 12.1 Å². The van der Waals surface area contributed by atoms with Crippen molar-refractivity contribution in [1.82, 2.24) is 5.32 Å². The summed E-state index contributed by atoms with van der Waals surface area (Å²) in [5.74, 6) is 0.124. The summed E-state index contributed by atoms with van der Waals surface area (Å²) in [4.78, 5) is 10.7. The van der Waals surface area contributed by atoms with Crippen molar-refractivity contribution in [2.75, 3.05) is 0 Å². The van der Waals surface area contributed by atoms with E-state index in [2.05, 4.69) is 9.61 Å². The first-order valence-corrected chi connectivity index (χ1v) is 6.36. The summed E-state index contributed by atoms with van der Waals surface area (Å²) >= 11 is 4.84. The first kappa shape index (κ1) is 14.7. The molecule has 1 aliphatic rings. The van der Waals surface area contributed by atoms with E-state index in [1.54, 1.807) is 24.3 Å². The molecule has 2 aromatic rings. The Bertz CT molecular complexity index is 653. The molecule has 0 radical (unpaired) electrons. The number of halogens is 1. The van der Waals surface area contributed by atoms with Crippen molar-refractivity contribution in [3.8, 4) is 0 Å². The monoisotopic (exact) mass is 301 g/mol. The lowest BCUT2D eigenvalue weighted by molar-refractivity contribution is 0.0751. The van der Waals surface area contributed by atoms with Crippen LogP contribution >= 0.6 is 11.9 Å². The summed E-state index contributed by atoms with van der Waals surface area (Å²) in [5.41, 5.74) is 2.09. The van der Waals surface area contributed by atoms with Crippen LogP contribution in [0.2, 0.25) is 0 Å². The maximum Gasteiger partial charge on any atom is 0.356 e. The lowest BCUT2D eigenvalue weighted by Crippen LogP contribution is -2.19. The number of hydrogen-bond acceptors (Lipinski definition) is 4. The quantitative estimate of drug-likeness (QED) is 0.757. The zero-order chi connectivity index (χ0) is 15.2. The summed E-state index contributed by atoms with van der Waals surface area (Å²) < 4.78 is 3.97. The average Bonchev–Trinajstić information content (AvgIpc) is 2.83. The summed E-state index contributed by atoms with van der Waals surface area (Å²) in [7, 11) is 0. The third kappa shape index (κ3) is 3.46. The topological polar surface area (TPSA) is 86.0 Å². The molecular formula is C15H12ClN3O2. The number of rotatable bonds is 1. The molecule has 0 spiro atoms. The normalized spacial score (nSPS) is 11.9. The van der Waals surface area contributed by atoms with E-state index in [1.165, 1.54) is 0 Å². The molecule has 0 fully saturated rings. The van der Waals surface area contributed by atoms with Crippen LogP contribution in [-0.4, -0.2) is 17.6 Å². The highest BCUT2D eigenvalue weighted by molar-refractivity contribution is 6.23. The van der Waals surface area contributed by atoms with Crippen LogP contribution in [0.1, 0.15) is 21.5 Å². The van der Waals surface area contributed by atoms with E-state index < -0.39 is 5.97 Å². The molecule has 106 valence electrons. The average molecular weight is 302 g/mol. The molecule has 0 aliphatic carbocycles. The minimum absolute atomic E-state index is 0.325. The van der Waals surface area contributed by atoms with Gasteiger partial charge in [-0.3, -0.25) is 10.8 Å². The molecule has 0 saturated carbocycles. The van der Waals surface area contributed by atoms with Gasteiger partial charge in [0.15, 0.2) is 0 Å². The van der Waals surface area contributed by atoms with Crippen molar-refractivity contribution in [3.05, 3.63) is 71.3 Å². The van der Waals surface area contributed by atoms with E-state index in [0.717, 1.165) is 11.1 Å². The van der Waals surface area contributed by atoms with Crippen LogP contribution in [0.5, 0.6) is 0 Å².